The number of likely N-dealkylation sites (tertiary alicyclic amines) is 1. The molecular weight excluding hydrogens is 358 g/mol. The number of amides is 2. The molecule has 1 fully saturated rings. The fourth-order valence-corrected chi connectivity index (χ4v) is 3.07. The summed E-state index contributed by atoms with van der Waals surface area (Å²) in [7, 11) is 1.58. The van der Waals surface area contributed by atoms with Crippen molar-refractivity contribution in [1.29, 1.82) is 0 Å². The molecule has 1 aliphatic rings. The Balaban J connectivity index is 1.51. The van der Waals surface area contributed by atoms with Gasteiger partial charge in [-0.1, -0.05) is 18.6 Å². The number of hydrogen-bond donors (Lipinski definition) is 1. The lowest BCUT2D eigenvalue weighted by Gasteiger charge is -2.20. The molecule has 0 aliphatic carbocycles. The van der Waals surface area contributed by atoms with Crippen molar-refractivity contribution in [3.8, 4) is 17.4 Å². The molecule has 1 saturated heterocycles. The normalized spacial score (nSPS) is 14.3. The molecule has 2 heterocycles. The fraction of sp³-hybridized carbons (Fsp3) is 0.381. The average Bonchev–Trinajstić information content (AvgIpc) is 2.92. The molecule has 148 valence electrons. The van der Waals surface area contributed by atoms with E-state index in [1.54, 1.807) is 42.5 Å². The van der Waals surface area contributed by atoms with Gasteiger partial charge in [0.25, 0.3) is 0 Å². The number of nitrogens with zero attached hydrogens (tertiary/aromatic N) is 2. The van der Waals surface area contributed by atoms with E-state index < -0.39 is 0 Å². The van der Waals surface area contributed by atoms with Crippen LogP contribution >= 0.6 is 0 Å². The predicted molar refractivity (Wildman–Crippen MR) is 106 cm³/mol. The van der Waals surface area contributed by atoms with Gasteiger partial charge < -0.3 is 19.7 Å². The summed E-state index contributed by atoms with van der Waals surface area (Å²) in [6.07, 6.45) is 5.41. The van der Waals surface area contributed by atoms with E-state index in [1.807, 2.05) is 12.1 Å². The molecule has 1 aliphatic heterocycles. The minimum atomic E-state index is -0.141. The van der Waals surface area contributed by atoms with E-state index in [0.717, 1.165) is 25.8 Å². The van der Waals surface area contributed by atoms with Gasteiger partial charge in [-0.3, -0.25) is 9.59 Å². The molecule has 0 atom stereocenters. The highest BCUT2D eigenvalue weighted by molar-refractivity contribution is 5.91. The summed E-state index contributed by atoms with van der Waals surface area (Å²) in [6.45, 7) is 1.19. The van der Waals surface area contributed by atoms with Gasteiger partial charge in [0, 0.05) is 32.0 Å². The Hall–Kier alpha value is -3.09. The minimum Gasteiger partial charge on any atom is -0.493 e. The van der Waals surface area contributed by atoms with Crippen molar-refractivity contribution in [2.45, 2.75) is 32.1 Å². The van der Waals surface area contributed by atoms with Gasteiger partial charge in [-0.25, -0.2) is 4.98 Å². The number of carbonyl (C=O) groups is 2. The number of ether oxygens (including phenoxy) is 2. The van der Waals surface area contributed by atoms with Gasteiger partial charge >= 0.3 is 0 Å². The molecule has 1 aromatic heterocycles. The third-order valence-electron chi connectivity index (χ3n) is 4.58. The molecule has 0 spiro atoms. The first kappa shape index (κ1) is 19.7. The molecule has 0 radical (unpaired) electrons. The van der Waals surface area contributed by atoms with Gasteiger partial charge in [0.05, 0.1) is 19.0 Å². The number of aromatic nitrogens is 1. The largest absolute Gasteiger partial charge is 0.493 e. The highest BCUT2D eigenvalue weighted by Crippen LogP contribution is 2.30. The molecular formula is C21H25N3O4. The van der Waals surface area contributed by atoms with Crippen molar-refractivity contribution in [2.24, 2.45) is 0 Å². The van der Waals surface area contributed by atoms with Gasteiger partial charge in [-0.05, 0) is 31.0 Å². The summed E-state index contributed by atoms with van der Waals surface area (Å²) in [5, 5.41) is 2.81. The van der Waals surface area contributed by atoms with Crippen LogP contribution in [0, 0.1) is 0 Å². The van der Waals surface area contributed by atoms with Crippen LogP contribution < -0.4 is 14.8 Å². The molecule has 7 heteroatoms. The lowest BCUT2D eigenvalue weighted by Crippen LogP contribution is -2.33. The lowest BCUT2D eigenvalue weighted by atomic mass is 10.2. The molecule has 1 aromatic carbocycles. The van der Waals surface area contributed by atoms with Gasteiger partial charge in [-0.15, -0.1) is 0 Å². The third kappa shape index (κ3) is 5.45. The maximum atomic E-state index is 12.2. The molecule has 1 N–H and O–H groups in total. The van der Waals surface area contributed by atoms with E-state index >= 15 is 0 Å². The number of para-hydroxylation sites is 2. The Kier molecular flexibility index (Phi) is 6.84. The van der Waals surface area contributed by atoms with Crippen LogP contribution in [-0.4, -0.2) is 41.9 Å². The Morgan fingerprint density at radius 3 is 2.71 bits per heavy atom. The first-order valence-corrected chi connectivity index (χ1v) is 9.50. The Bertz CT molecular complexity index is 808. The SMILES string of the molecule is COc1ccccc1Oc1ccc(NC(=O)CCN2CCCCCC2=O)cn1. The minimum absolute atomic E-state index is 0.141. The molecule has 2 aromatic rings. The topological polar surface area (TPSA) is 80.8 Å². The van der Waals surface area contributed by atoms with Crippen molar-refractivity contribution >= 4 is 17.5 Å². The maximum absolute atomic E-state index is 12.2. The van der Waals surface area contributed by atoms with Gasteiger partial charge in [-0.2, -0.15) is 0 Å². The fourth-order valence-electron chi connectivity index (χ4n) is 3.07. The van der Waals surface area contributed by atoms with E-state index in [9.17, 15) is 9.59 Å². The zero-order valence-corrected chi connectivity index (χ0v) is 16.0. The lowest BCUT2D eigenvalue weighted by molar-refractivity contribution is -0.131. The van der Waals surface area contributed by atoms with Gasteiger partial charge in [0.15, 0.2) is 11.5 Å². The number of benzene rings is 1. The van der Waals surface area contributed by atoms with Crippen molar-refractivity contribution < 1.29 is 19.1 Å². The van der Waals surface area contributed by atoms with Crippen molar-refractivity contribution in [2.75, 3.05) is 25.5 Å². The molecule has 0 saturated carbocycles. The monoisotopic (exact) mass is 383 g/mol. The van der Waals surface area contributed by atoms with Crippen LogP contribution in [0.5, 0.6) is 17.4 Å². The number of rotatable bonds is 7. The summed E-state index contributed by atoms with van der Waals surface area (Å²) in [4.78, 5) is 30.2. The molecule has 0 bridgehead atoms. The second-order valence-corrected chi connectivity index (χ2v) is 6.63. The van der Waals surface area contributed by atoms with E-state index in [2.05, 4.69) is 10.3 Å². The second-order valence-electron chi connectivity index (χ2n) is 6.63. The number of carbonyl (C=O) groups excluding carboxylic acids is 2. The van der Waals surface area contributed by atoms with Crippen LogP contribution in [0.25, 0.3) is 0 Å². The summed E-state index contributed by atoms with van der Waals surface area (Å²) in [5.74, 6) is 1.58. The molecule has 7 nitrogen and oxygen atoms in total. The average molecular weight is 383 g/mol. The Labute approximate surface area is 164 Å². The zero-order valence-electron chi connectivity index (χ0n) is 16.0. The summed E-state index contributed by atoms with van der Waals surface area (Å²) >= 11 is 0. The highest BCUT2D eigenvalue weighted by atomic mass is 16.5. The zero-order chi connectivity index (χ0) is 19.8. The molecule has 28 heavy (non-hydrogen) atoms. The summed E-state index contributed by atoms with van der Waals surface area (Å²) in [5.41, 5.74) is 0.583. The quantitative estimate of drug-likeness (QED) is 0.790. The molecule has 3 rings (SSSR count). The summed E-state index contributed by atoms with van der Waals surface area (Å²) < 4.78 is 11.0. The number of pyridine rings is 1. The maximum Gasteiger partial charge on any atom is 0.226 e. The second kappa shape index (κ2) is 9.73. The van der Waals surface area contributed by atoms with E-state index in [0.29, 0.717) is 36.0 Å². The molecule has 0 unspecified atom stereocenters. The highest BCUT2D eigenvalue weighted by Gasteiger charge is 2.17. The number of anilines is 1. The van der Waals surface area contributed by atoms with Crippen LogP contribution in [-0.2, 0) is 9.59 Å². The Morgan fingerprint density at radius 2 is 1.96 bits per heavy atom. The predicted octanol–water partition coefficient (Wildman–Crippen LogP) is 3.61. The third-order valence-corrected chi connectivity index (χ3v) is 4.58. The van der Waals surface area contributed by atoms with Crippen LogP contribution in [0.15, 0.2) is 42.6 Å². The molecule has 2 amide bonds. The van der Waals surface area contributed by atoms with Crippen molar-refractivity contribution in [3.05, 3.63) is 42.6 Å². The standard InChI is InChI=1S/C21H25N3O4/c1-27-17-7-4-5-8-18(17)28-20-11-10-16(15-22-20)23-19(25)12-14-24-13-6-2-3-9-21(24)26/h4-5,7-8,10-11,15H,2-3,6,9,12-14H2,1H3,(H,23,25). The summed E-state index contributed by atoms with van der Waals surface area (Å²) in [6, 6.07) is 10.7. The number of nitrogens with one attached hydrogen (secondary N) is 1. The van der Waals surface area contributed by atoms with Crippen LogP contribution in [0.4, 0.5) is 5.69 Å². The number of hydrogen-bond acceptors (Lipinski definition) is 5. The van der Waals surface area contributed by atoms with E-state index in [-0.39, 0.29) is 18.2 Å². The smallest absolute Gasteiger partial charge is 0.226 e. The van der Waals surface area contributed by atoms with Gasteiger partial charge in [0.2, 0.25) is 17.7 Å². The van der Waals surface area contributed by atoms with Gasteiger partial charge in [0.1, 0.15) is 0 Å². The van der Waals surface area contributed by atoms with E-state index in [4.69, 9.17) is 9.47 Å². The Morgan fingerprint density at radius 1 is 1.14 bits per heavy atom. The van der Waals surface area contributed by atoms with Crippen molar-refractivity contribution in [1.82, 2.24) is 9.88 Å². The first-order valence-electron chi connectivity index (χ1n) is 9.50. The van der Waals surface area contributed by atoms with Crippen LogP contribution in [0.3, 0.4) is 0 Å². The van der Waals surface area contributed by atoms with Crippen LogP contribution in [0.2, 0.25) is 0 Å². The number of methoxy groups -OCH3 is 1. The van der Waals surface area contributed by atoms with Crippen molar-refractivity contribution in [3.63, 3.8) is 0 Å². The first-order chi connectivity index (χ1) is 13.7. The van der Waals surface area contributed by atoms with E-state index in [1.165, 1.54) is 0 Å². The van der Waals surface area contributed by atoms with Crippen LogP contribution in [0.1, 0.15) is 32.1 Å².